The second-order valence-electron chi connectivity index (χ2n) is 10.7. The molecule has 0 fully saturated rings. The Kier molecular flexibility index (Phi) is 11.3. The van der Waals surface area contributed by atoms with Gasteiger partial charge in [-0.05, 0) is 73.0 Å². The Bertz CT molecular complexity index is 1660. The van der Waals surface area contributed by atoms with Gasteiger partial charge in [-0.3, -0.25) is 13.9 Å². The molecule has 4 aromatic carbocycles. The predicted molar refractivity (Wildman–Crippen MR) is 173 cm³/mol. The van der Waals surface area contributed by atoms with Crippen LogP contribution in [0.5, 0.6) is 5.75 Å². The van der Waals surface area contributed by atoms with Crippen LogP contribution >= 0.6 is 0 Å². The quantitative estimate of drug-likeness (QED) is 0.198. The molecule has 0 aliphatic rings. The molecule has 8 nitrogen and oxygen atoms in total. The van der Waals surface area contributed by atoms with E-state index in [4.69, 9.17) is 4.74 Å². The molecule has 0 bridgehead atoms. The third kappa shape index (κ3) is 8.69. The Hall–Kier alpha value is -4.70. The number of anilines is 1. The molecule has 10 heteroatoms. The van der Waals surface area contributed by atoms with Gasteiger partial charge in [0.05, 0.1) is 17.7 Å². The Balaban J connectivity index is 1.78. The smallest absolute Gasteiger partial charge is 0.264 e. The highest BCUT2D eigenvalue weighted by atomic mass is 32.2. The topological polar surface area (TPSA) is 96.0 Å². The number of sulfonamides is 1. The van der Waals surface area contributed by atoms with Crippen molar-refractivity contribution in [3.63, 3.8) is 0 Å². The van der Waals surface area contributed by atoms with Gasteiger partial charge in [-0.1, -0.05) is 67.1 Å². The minimum absolute atomic E-state index is 0.0247. The standard InChI is InChI=1S/C35H38FN3O5S/c1-4-22-37-35(41)33(23-27-8-6-5-7-9-27)38(24-28-12-14-29(36)15-13-28)34(40)25-39(30-16-10-26(2)11-17-30)45(42,43)32-20-18-31(44-3)19-21-32/h5-21,33H,4,22-25H2,1-3H3,(H,37,41). The molecule has 4 aromatic rings. The van der Waals surface area contributed by atoms with Crippen molar-refractivity contribution in [1.29, 1.82) is 0 Å². The van der Waals surface area contributed by atoms with Crippen LogP contribution in [0.2, 0.25) is 0 Å². The van der Waals surface area contributed by atoms with Crippen LogP contribution in [0.1, 0.15) is 30.0 Å². The molecule has 0 aliphatic heterocycles. The second-order valence-corrected chi connectivity index (χ2v) is 12.5. The SMILES string of the molecule is CCCNC(=O)C(Cc1ccccc1)N(Cc1ccc(F)cc1)C(=O)CN(c1ccc(C)cc1)S(=O)(=O)c1ccc(OC)cc1. The van der Waals surface area contributed by atoms with Gasteiger partial charge >= 0.3 is 0 Å². The number of rotatable bonds is 14. The highest BCUT2D eigenvalue weighted by Gasteiger charge is 2.34. The first-order chi connectivity index (χ1) is 21.6. The lowest BCUT2D eigenvalue weighted by Gasteiger charge is -2.34. The minimum Gasteiger partial charge on any atom is -0.497 e. The number of methoxy groups -OCH3 is 1. The predicted octanol–water partition coefficient (Wildman–Crippen LogP) is 5.50. The van der Waals surface area contributed by atoms with Gasteiger partial charge in [0.1, 0.15) is 24.2 Å². The van der Waals surface area contributed by atoms with E-state index in [9.17, 15) is 22.4 Å². The van der Waals surface area contributed by atoms with Crippen LogP contribution in [0, 0.1) is 12.7 Å². The Morgan fingerprint density at radius 2 is 1.51 bits per heavy atom. The van der Waals surface area contributed by atoms with Crippen molar-refractivity contribution in [1.82, 2.24) is 10.2 Å². The summed E-state index contributed by atoms with van der Waals surface area (Å²) in [7, 11) is -2.75. The van der Waals surface area contributed by atoms with E-state index in [-0.39, 0.29) is 23.8 Å². The monoisotopic (exact) mass is 631 g/mol. The molecule has 0 saturated heterocycles. The number of carbonyl (C=O) groups excluding carboxylic acids is 2. The zero-order valence-electron chi connectivity index (χ0n) is 25.6. The van der Waals surface area contributed by atoms with Crippen LogP contribution in [0.25, 0.3) is 0 Å². The fourth-order valence-electron chi connectivity index (χ4n) is 4.82. The van der Waals surface area contributed by atoms with E-state index in [0.717, 1.165) is 15.4 Å². The summed E-state index contributed by atoms with van der Waals surface area (Å²) in [6.45, 7) is 3.59. The number of benzene rings is 4. The lowest BCUT2D eigenvalue weighted by molar-refractivity contribution is -0.140. The summed E-state index contributed by atoms with van der Waals surface area (Å²) < 4.78 is 48.2. The largest absolute Gasteiger partial charge is 0.497 e. The maximum absolute atomic E-state index is 14.4. The number of hydrogen-bond donors (Lipinski definition) is 1. The second kappa shape index (κ2) is 15.3. The molecule has 0 spiro atoms. The van der Waals surface area contributed by atoms with E-state index in [1.54, 1.807) is 36.4 Å². The Morgan fingerprint density at radius 1 is 0.867 bits per heavy atom. The molecule has 4 rings (SSSR count). The molecule has 1 unspecified atom stereocenters. The summed E-state index contributed by atoms with van der Waals surface area (Å²) in [5.74, 6) is -0.908. The van der Waals surface area contributed by atoms with E-state index < -0.39 is 34.3 Å². The average molecular weight is 632 g/mol. The van der Waals surface area contributed by atoms with Gasteiger partial charge in [0.25, 0.3) is 10.0 Å². The molecule has 45 heavy (non-hydrogen) atoms. The fraction of sp³-hybridized carbons (Fsp3) is 0.257. The van der Waals surface area contributed by atoms with Crippen molar-refractivity contribution >= 4 is 27.5 Å². The molecule has 0 aliphatic carbocycles. The average Bonchev–Trinajstić information content (AvgIpc) is 3.05. The minimum atomic E-state index is -4.24. The van der Waals surface area contributed by atoms with Gasteiger partial charge < -0.3 is 15.0 Å². The van der Waals surface area contributed by atoms with Gasteiger partial charge in [0.15, 0.2) is 0 Å². The number of carbonyl (C=O) groups is 2. The van der Waals surface area contributed by atoms with Crippen molar-refractivity contribution in [3.05, 3.63) is 126 Å². The third-order valence-electron chi connectivity index (χ3n) is 7.33. The first kappa shape index (κ1) is 33.2. The zero-order chi connectivity index (χ0) is 32.4. The molecule has 2 amide bonds. The van der Waals surface area contributed by atoms with Crippen molar-refractivity contribution in [2.24, 2.45) is 0 Å². The zero-order valence-corrected chi connectivity index (χ0v) is 26.5. The summed E-state index contributed by atoms with van der Waals surface area (Å²) in [4.78, 5) is 29.4. The molecular weight excluding hydrogens is 593 g/mol. The van der Waals surface area contributed by atoms with Crippen LogP contribution in [0.3, 0.4) is 0 Å². The summed E-state index contributed by atoms with van der Waals surface area (Å²) in [5.41, 5.74) is 2.63. The number of amides is 2. The van der Waals surface area contributed by atoms with Crippen molar-refractivity contribution in [2.45, 2.75) is 44.2 Å². The van der Waals surface area contributed by atoms with Crippen LogP contribution in [0.4, 0.5) is 10.1 Å². The molecule has 0 saturated carbocycles. The van der Waals surface area contributed by atoms with Crippen LogP contribution < -0.4 is 14.4 Å². The van der Waals surface area contributed by atoms with Crippen LogP contribution in [0.15, 0.2) is 108 Å². The number of hydrogen-bond acceptors (Lipinski definition) is 5. The summed E-state index contributed by atoms with van der Waals surface area (Å²) in [6.07, 6.45) is 0.885. The third-order valence-corrected chi connectivity index (χ3v) is 9.12. The number of nitrogens with zero attached hydrogens (tertiary/aromatic N) is 2. The number of nitrogens with one attached hydrogen (secondary N) is 1. The number of ether oxygens (including phenoxy) is 1. The van der Waals surface area contributed by atoms with Crippen molar-refractivity contribution in [2.75, 3.05) is 24.5 Å². The summed E-state index contributed by atoms with van der Waals surface area (Å²) in [6, 6.07) is 26.7. The fourth-order valence-corrected chi connectivity index (χ4v) is 6.24. The van der Waals surface area contributed by atoms with E-state index in [2.05, 4.69) is 5.32 Å². The van der Waals surface area contributed by atoms with E-state index in [1.807, 2.05) is 44.2 Å². The molecule has 1 atom stereocenters. The van der Waals surface area contributed by atoms with Gasteiger partial charge in [-0.15, -0.1) is 0 Å². The molecule has 0 aromatic heterocycles. The lowest BCUT2D eigenvalue weighted by atomic mass is 10.0. The van der Waals surface area contributed by atoms with Crippen molar-refractivity contribution < 1.29 is 27.1 Å². The van der Waals surface area contributed by atoms with Crippen molar-refractivity contribution in [3.8, 4) is 5.75 Å². The first-order valence-corrected chi connectivity index (χ1v) is 16.2. The molecular formula is C35H38FN3O5S. The van der Waals surface area contributed by atoms with E-state index in [1.165, 1.54) is 48.4 Å². The van der Waals surface area contributed by atoms with E-state index in [0.29, 0.717) is 30.0 Å². The molecule has 1 N–H and O–H groups in total. The van der Waals surface area contributed by atoms with Gasteiger partial charge in [-0.25, -0.2) is 12.8 Å². The highest BCUT2D eigenvalue weighted by Crippen LogP contribution is 2.27. The first-order valence-electron chi connectivity index (χ1n) is 14.7. The normalized spacial score (nSPS) is 11.8. The van der Waals surface area contributed by atoms with Gasteiger partial charge in [0, 0.05) is 19.5 Å². The van der Waals surface area contributed by atoms with Gasteiger partial charge in [0.2, 0.25) is 11.8 Å². The number of halogens is 1. The van der Waals surface area contributed by atoms with Crippen LogP contribution in [-0.2, 0) is 32.6 Å². The van der Waals surface area contributed by atoms with E-state index >= 15 is 0 Å². The molecule has 236 valence electrons. The maximum atomic E-state index is 14.4. The molecule has 0 heterocycles. The Morgan fingerprint density at radius 3 is 2.11 bits per heavy atom. The highest BCUT2D eigenvalue weighted by molar-refractivity contribution is 7.92. The molecule has 0 radical (unpaired) electrons. The lowest BCUT2D eigenvalue weighted by Crippen LogP contribution is -2.53. The summed E-state index contributed by atoms with van der Waals surface area (Å²) in [5, 5.41) is 2.90. The van der Waals surface area contributed by atoms with Crippen LogP contribution in [-0.4, -0.2) is 51.4 Å². The number of aryl methyl sites for hydroxylation is 1. The van der Waals surface area contributed by atoms with Gasteiger partial charge in [-0.2, -0.15) is 0 Å². The summed E-state index contributed by atoms with van der Waals surface area (Å²) >= 11 is 0. The maximum Gasteiger partial charge on any atom is 0.264 e. The Labute approximate surface area is 264 Å².